The van der Waals surface area contributed by atoms with Gasteiger partial charge in [-0.2, -0.15) is 0 Å². The van der Waals surface area contributed by atoms with E-state index >= 15 is 0 Å². The maximum atomic E-state index is 6.36. The Labute approximate surface area is 123 Å². The van der Waals surface area contributed by atoms with Crippen LogP contribution in [0, 0.1) is 0 Å². The third-order valence-corrected chi connectivity index (χ3v) is 4.50. The van der Waals surface area contributed by atoms with Gasteiger partial charge in [0.2, 0.25) is 0 Å². The number of benzene rings is 1. The number of rotatable bonds is 3. The predicted molar refractivity (Wildman–Crippen MR) is 77.7 cm³/mol. The SMILES string of the molecule is NCC1OCCN(C2CC2)C1c1cc(Cl)ccc1Cl. The van der Waals surface area contributed by atoms with Gasteiger partial charge in [0.1, 0.15) is 0 Å². The first-order valence-corrected chi connectivity index (χ1v) is 7.48. The summed E-state index contributed by atoms with van der Waals surface area (Å²) in [5.41, 5.74) is 6.91. The van der Waals surface area contributed by atoms with Crippen molar-refractivity contribution in [1.82, 2.24) is 4.90 Å². The fourth-order valence-electron chi connectivity index (χ4n) is 2.89. The Kier molecular flexibility index (Phi) is 4.01. The average molecular weight is 301 g/mol. The monoisotopic (exact) mass is 300 g/mol. The van der Waals surface area contributed by atoms with E-state index in [9.17, 15) is 0 Å². The first-order chi connectivity index (χ1) is 9.20. The minimum absolute atomic E-state index is 0.00897. The lowest BCUT2D eigenvalue weighted by Gasteiger charge is -2.41. The first kappa shape index (κ1) is 13.7. The average Bonchev–Trinajstić information content (AvgIpc) is 3.25. The Morgan fingerprint density at radius 1 is 1.32 bits per heavy atom. The van der Waals surface area contributed by atoms with Crippen LogP contribution < -0.4 is 5.73 Å². The Morgan fingerprint density at radius 3 is 2.79 bits per heavy atom. The van der Waals surface area contributed by atoms with E-state index in [4.69, 9.17) is 33.7 Å². The molecule has 0 amide bonds. The molecule has 3 rings (SSSR count). The molecule has 1 aromatic carbocycles. The summed E-state index contributed by atoms with van der Waals surface area (Å²) < 4.78 is 5.83. The van der Waals surface area contributed by atoms with Gasteiger partial charge in [-0.15, -0.1) is 0 Å². The van der Waals surface area contributed by atoms with Gasteiger partial charge in [0, 0.05) is 29.2 Å². The molecule has 0 bridgehead atoms. The molecule has 104 valence electrons. The van der Waals surface area contributed by atoms with Crippen molar-refractivity contribution in [2.45, 2.75) is 31.0 Å². The summed E-state index contributed by atoms with van der Waals surface area (Å²) in [6.07, 6.45) is 2.50. The number of halogens is 2. The van der Waals surface area contributed by atoms with Gasteiger partial charge >= 0.3 is 0 Å². The van der Waals surface area contributed by atoms with E-state index in [0.717, 1.165) is 23.7 Å². The van der Waals surface area contributed by atoms with Gasteiger partial charge in [0.15, 0.2) is 0 Å². The van der Waals surface area contributed by atoms with Crippen LogP contribution in [0.5, 0.6) is 0 Å². The second kappa shape index (κ2) is 5.58. The molecule has 1 aromatic rings. The first-order valence-electron chi connectivity index (χ1n) is 6.73. The number of hydrogen-bond acceptors (Lipinski definition) is 3. The summed E-state index contributed by atoms with van der Waals surface area (Å²) in [7, 11) is 0. The lowest BCUT2D eigenvalue weighted by Crippen LogP contribution is -2.49. The standard InChI is InChI=1S/C14H18Cl2N2O/c15-9-1-4-12(16)11(7-9)14-13(8-17)19-6-5-18(14)10-2-3-10/h1,4,7,10,13-14H,2-3,5-6,8,17H2. The molecule has 1 saturated carbocycles. The van der Waals surface area contributed by atoms with Crippen LogP contribution in [0.15, 0.2) is 18.2 Å². The largest absolute Gasteiger partial charge is 0.374 e. The zero-order valence-corrected chi connectivity index (χ0v) is 12.2. The Hall–Kier alpha value is -0.320. The van der Waals surface area contributed by atoms with Crippen molar-refractivity contribution in [2.75, 3.05) is 19.7 Å². The Morgan fingerprint density at radius 2 is 2.11 bits per heavy atom. The molecule has 19 heavy (non-hydrogen) atoms. The third kappa shape index (κ3) is 2.76. The van der Waals surface area contributed by atoms with Gasteiger partial charge in [0.25, 0.3) is 0 Å². The van der Waals surface area contributed by atoms with Crippen LogP contribution in [0.3, 0.4) is 0 Å². The number of nitrogens with zero attached hydrogens (tertiary/aromatic N) is 1. The summed E-state index contributed by atoms with van der Waals surface area (Å²) >= 11 is 12.5. The molecule has 1 saturated heterocycles. The number of hydrogen-bond donors (Lipinski definition) is 1. The van der Waals surface area contributed by atoms with Crippen LogP contribution in [-0.4, -0.2) is 36.7 Å². The van der Waals surface area contributed by atoms with Crippen molar-refractivity contribution in [3.8, 4) is 0 Å². The molecule has 1 aliphatic heterocycles. The normalized spacial score (nSPS) is 28.6. The summed E-state index contributed by atoms with van der Waals surface area (Å²) in [6, 6.07) is 6.39. The van der Waals surface area contributed by atoms with Crippen LogP contribution in [-0.2, 0) is 4.74 Å². The molecule has 0 aromatic heterocycles. The van der Waals surface area contributed by atoms with Crippen LogP contribution >= 0.6 is 23.2 Å². The molecular weight excluding hydrogens is 283 g/mol. The topological polar surface area (TPSA) is 38.5 Å². The Bertz CT molecular complexity index is 465. The number of ether oxygens (including phenoxy) is 1. The number of nitrogens with two attached hydrogens (primary N) is 1. The second-order valence-corrected chi connectivity index (χ2v) is 6.07. The van der Waals surface area contributed by atoms with E-state index in [2.05, 4.69) is 4.90 Å². The zero-order chi connectivity index (χ0) is 13.4. The molecule has 2 N–H and O–H groups in total. The molecule has 2 fully saturated rings. The fourth-order valence-corrected chi connectivity index (χ4v) is 3.30. The van der Waals surface area contributed by atoms with E-state index < -0.39 is 0 Å². The second-order valence-electron chi connectivity index (χ2n) is 5.22. The molecule has 2 unspecified atom stereocenters. The van der Waals surface area contributed by atoms with Crippen molar-refractivity contribution in [3.63, 3.8) is 0 Å². The van der Waals surface area contributed by atoms with Crippen molar-refractivity contribution in [3.05, 3.63) is 33.8 Å². The lowest BCUT2D eigenvalue weighted by molar-refractivity contribution is -0.0712. The summed E-state index contributed by atoms with van der Waals surface area (Å²) in [4.78, 5) is 2.48. The molecule has 0 spiro atoms. The van der Waals surface area contributed by atoms with Gasteiger partial charge < -0.3 is 10.5 Å². The summed E-state index contributed by atoms with van der Waals surface area (Å²) in [6.45, 7) is 2.18. The quantitative estimate of drug-likeness (QED) is 0.933. The highest BCUT2D eigenvalue weighted by atomic mass is 35.5. The zero-order valence-electron chi connectivity index (χ0n) is 10.7. The summed E-state index contributed by atoms with van der Waals surface area (Å²) in [5.74, 6) is 0. The van der Waals surface area contributed by atoms with E-state index in [1.54, 1.807) is 0 Å². The highest BCUT2D eigenvalue weighted by molar-refractivity contribution is 6.33. The predicted octanol–water partition coefficient (Wildman–Crippen LogP) is 2.86. The van der Waals surface area contributed by atoms with Gasteiger partial charge in [-0.3, -0.25) is 4.90 Å². The van der Waals surface area contributed by atoms with Gasteiger partial charge in [-0.1, -0.05) is 23.2 Å². The van der Waals surface area contributed by atoms with Crippen LogP contribution in [0.1, 0.15) is 24.4 Å². The van der Waals surface area contributed by atoms with Gasteiger partial charge in [-0.25, -0.2) is 0 Å². The maximum Gasteiger partial charge on any atom is 0.0894 e. The summed E-state index contributed by atoms with van der Waals surface area (Å²) in [5, 5.41) is 1.44. The van der Waals surface area contributed by atoms with Crippen molar-refractivity contribution in [2.24, 2.45) is 5.73 Å². The van der Waals surface area contributed by atoms with Crippen LogP contribution in [0.25, 0.3) is 0 Å². The van der Waals surface area contributed by atoms with Crippen LogP contribution in [0.4, 0.5) is 0 Å². The smallest absolute Gasteiger partial charge is 0.0894 e. The third-order valence-electron chi connectivity index (χ3n) is 3.92. The van der Waals surface area contributed by atoms with E-state index in [1.165, 1.54) is 12.8 Å². The Balaban J connectivity index is 1.97. The van der Waals surface area contributed by atoms with E-state index in [-0.39, 0.29) is 12.1 Å². The van der Waals surface area contributed by atoms with E-state index in [1.807, 2.05) is 18.2 Å². The van der Waals surface area contributed by atoms with Crippen LogP contribution in [0.2, 0.25) is 10.0 Å². The molecule has 2 aliphatic rings. The number of morpholine rings is 1. The highest BCUT2D eigenvalue weighted by Crippen LogP contribution is 2.41. The molecule has 1 heterocycles. The lowest BCUT2D eigenvalue weighted by atomic mass is 9.97. The maximum absolute atomic E-state index is 6.36. The van der Waals surface area contributed by atoms with Gasteiger partial charge in [-0.05, 0) is 36.6 Å². The van der Waals surface area contributed by atoms with Crippen molar-refractivity contribution < 1.29 is 4.74 Å². The highest BCUT2D eigenvalue weighted by Gasteiger charge is 2.41. The molecule has 0 radical (unpaired) electrons. The van der Waals surface area contributed by atoms with Crippen molar-refractivity contribution in [1.29, 1.82) is 0 Å². The van der Waals surface area contributed by atoms with Gasteiger partial charge in [0.05, 0.1) is 18.8 Å². The molecule has 1 aliphatic carbocycles. The minimum atomic E-state index is -0.00897. The minimum Gasteiger partial charge on any atom is -0.374 e. The van der Waals surface area contributed by atoms with E-state index in [0.29, 0.717) is 17.6 Å². The fraction of sp³-hybridized carbons (Fsp3) is 0.571. The molecule has 2 atom stereocenters. The molecular formula is C14H18Cl2N2O. The molecule has 3 nitrogen and oxygen atoms in total. The van der Waals surface area contributed by atoms with Crippen molar-refractivity contribution >= 4 is 23.2 Å². The molecule has 5 heteroatoms.